The summed E-state index contributed by atoms with van der Waals surface area (Å²) in [5.74, 6) is -1.95. The third-order valence-corrected chi connectivity index (χ3v) is 1.10. The van der Waals surface area contributed by atoms with E-state index in [1.165, 1.54) is 0 Å². The molecule has 0 aliphatic heterocycles. The highest BCUT2D eigenvalue weighted by Crippen LogP contribution is 1.79. The lowest BCUT2D eigenvalue weighted by atomic mass is 10.3. The summed E-state index contributed by atoms with van der Waals surface area (Å²) < 4.78 is 0. The summed E-state index contributed by atoms with van der Waals surface area (Å²) in [6, 6.07) is -1.44. The second-order valence-electron chi connectivity index (χ2n) is 2.11. The summed E-state index contributed by atoms with van der Waals surface area (Å²) in [7, 11) is 0. The molecule has 0 fully saturated rings. The fraction of sp³-hybridized carbons (Fsp3) is 0.667. The van der Waals surface area contributed by atoms with Gasteiger partial charge in [0.1, 0.15) is 0 Å². The van der Waals surface area contributed by atoms with Crippen molar-refractivity contribution in [2.45, 2.75) is 19.4 Å². The van der Waals surface area contributed by atoms with Crippen molar-refractivity contribution in [3.05, 3.63) is 0 Å². The van der Waals surface area contributed by atoms with Gasteiger partial charge < -0.3 is 16.2 Å². The van der Waals surface area contributed by atoms with E-state index in [1.54, 1.807) is 0 Å². The molecule has 0 rings (SSSR count). The molecule has 5 heteroatoms. The number of carboxylic acids is 1. The summed E-state index contributed by atoms with van der Waals surface area (Å²) >= 11 is 0. The third kappa shape index (κ3) is 3.57. The first-order valence-electron chi connectivity index (χ1n) is 3.35. The first kappa shape index (κ1) is 9.90. The number of carboxylic acid groups (broad SMARTS) is 1. The average Bonchev–Trinajstić information content (AvgIpc) is 1.98. The van der Waals surface area contributed by atoms with Crippen LogP contribution in [0.5, 0.6) is 0 Å². The molecule has 5 nitrogen and oxygen atoms in total. The number of rotatable bonds is 4. The summed E-state index contributed by atoms with van der Waals surface area (Å²) in [6.45, 7) is 2.33. The molecule has 1 unspecified atom stereocenters. The Morgan fingerprint density at radius 3 is 2.55 bits per heavy atom. The number of carbonyl (C=O) groups excluding carboxylic acids is 1. The maximum Gasteiger partial charge on any atom is 0.330 e. The van der Waals surface area contributed by atoms with Gasteiger partial charge in [0.2, 0.25) is 5.91 Å². The quantitative estimate of drug-likeness (QED) is 0.456. The van der Waals surface area contributed by atoms with Gasteiger partial charge in [-0.25, -0.2) is 4.79 Å². The van der Waals surface area contributed by atoms with E-state index in [0.29, 0.717) is 6.54 Å². The average molecular weight is 160 g/mol. The first-order chi connectivity index (χ1) is 5.09. The number of amides is 1. The van der Waals surface area contributed by atoms with E-state index in [2.05, 4.69) is 5.32 Å². The zero-order valence-electron chi connectivity index (χ0n) is 6.33. The fourth-order valence-electron chi connectivity index (χ4n) is 0.470. The normalized spacial score (nSPS) is 12.2. The van der Waals surface area contributed by atoms with E-state index < -0.39 is 17.9 Å². The summed E-state index contributed by atoms with van der Waals surface area (Å²) in [4.78, 5) is 20.8. The molecule has 0 bridgehead atoms. The zero-order valence-corrected chi connectivity index (χ0v) is 6.33. The van der Waals surface area contributed by atoms with Gasteiger partial charge in [0.15, 0.2) is 6.04 Å². The van der Waals surface area contributed by atoms with Crippen molar-refractivity contribution in [2.24, 2.45) is 5.73 Å². The van der Waals surface area contributed by atoms with Crippen molar-refractivity contribution >= 4 is 11.9 Å². The minimum absolute atomic E-state index is 0.458. The topological polar surface area (TPSA) is 92.4 Å². The summed E-state index contributed by atoms with van der Waals surface area (Å²) in [5.41, 5.74) is 4.99. The van der Waals surface area contributed by atoms with E-state index in [1.807, 2.05) is 6.92 Å². The Hall–Kier alpha value is -1.10. The monoisotopic (exact) mass is 160 g/mol. The molecule has 0 aromatic rings. The van der Waals surface area contributed by atoms with E-state index in [-0.39, 0.29) is 0 Å². The van der Waals surface area contributed by atoms with Gasteiger partial charge >= 0.3 is 5.97 Å². The largest absolute Gasteiger partial charge is 0.480 e. The van der Waals surface area contributed by atoms with Gasteiger partial charge in [0.25, 0.3) is 0 Å². The molecule has 0 aromatic carbocycles. The van der Waals surface area contributed by atoms with Crippen molar-refractivity contribution in [1.82, 2.24) is 5.32 Å². The number of aliphatic carboxylic acids is 1. The Morgan fingerprint density at radius 2 is 2.18 bits per heavy atom. The number of nitrogens with one attached hydrogen (secondary N) is 1. The molecule has 64 valence electrons. The molecule has 11 heavy (non-hydrogen) atoms. The van der Waals surface area contributed by atoms with Gasteiger partial charge in [-0.15, -0.1) is 0 Å². The van der Waals surface area contributed by atoms with E-state index in [4.69, 9.17) is 10.8 Å². The van der Waals surface area contributed by atoms with Gasteiger partial charge in [-0.1, -0.05) is 6.92 Å². The first-order valence-corrected chi connectivity index (χ1v) is 3.35. The van der Waals surface area contributed by atoms with Crippen LogP contribution in [0.2, 0.25) is 0 Å². The molecule has 0 saturated carbocycles. The number of carbonyl (C=O) groups is 2. The minimum Gasteiger partial charge on any atom is -0.480 e. The van der Waals surface area contributed by atoms with Crippen LogP contribution >= 0.6 is 0 Å². The Balaban J connectivity index is 3.74. The Kier molecular flexibility index (Phi) is 4.21. The van der Waals surface area contributed by atoms with Crippen LogP contribution in [0.25, 0.3) is 0 Å². The van der Waals surface area contributed by atoms with E-state index in [0.717, 1.165) is 6.42 Å². The van der Waals surface area contributed by atoms with Gasteiger partial charge in [-0.05, 0) is 6.42 Å². The SMILES string of the molecule is CCCNC(=O)C(N)C(=O)O. The van der Waals surface area contributed by atoms with Crippen molar-refractivity contribution in [2.75, 3.05) is 6.54 Å². The minimum atomic E-state index is -1.44. The molecule has 0 aliphatic carbocycles. The maximum atomic E-state index is 10.7. The molecule has 0 aliphatic rings. The van der Waals surface area contributed by atoms with Crippen molar-refractivity contribution in [3.63, 3.8) is 0 Å². The molecule has 1 atom stereocenters. The van der Waals surface area contributed by atoms with Crippen molar-refractivity contribution < 1.29 is 14.7 Å². The fourth-order valence-corrected chi connectivity index (χ4v) is 0.470. The maximum absolute atomic E-state index is 10.7. The Bertz CT molecular complexity index is 158. The molecule has 4 N–H and O–H groups in total. The van der Waals surface area contributed by atoms with Crippen LogP contribution in [0.3, 0.4) is 0 Å². The predicted octanol–water partition coefficient (Wildman–Crippen LogP) is -1.08. The summed E-state index contributed by atoms with van der Waals surface area (Å²) in [6.07, 6.45) is 0.762. The molecule has 0 radical (unpaired) electrons. The van der Waals surface area contributed by atoms with Gasteiger partial charge in [-0.3, -0.25) is 4.79 Å². The lowest BCUT2D eigenvalue weighted by Crippen LogP contribution is -2.46. The summed E-state index contributed by atoms with van der Waals surface area (Å²) in [5, 5.41) is 10.6. The smallest absolute Gasteiger partial charge is 0.330 e. The molecular weight excluding hydrogens is 148 g/mol. The standard InChI is InChI=1S/C6H12N2O3/c1-2-3-8-5(9)4(7)6(10)11/h4H,2-3,7H2,1H3,(H,8,9)(H,10,11). The number of hydrogen-bond acceptors (Lipinski definition) is 3. The molecule has 0 aromatic heterocycles. The number of nitrogens with two attached hydrogens (primary N) is 1. The van der Waals surface area contributed by atoms with Crippen molar-refractivity contribution in [3.8, 4) is 0 Å². The van der Waals surface area contributed by atoms with E-state index >= 15 is 0 Å². The molecule has 0 heterocycles. The number of hydrogen-bond donors (Lipinski definition) is 3. The van der Waals surface area contributed by atoms with Crippen LogP contribution in [-0.4, -0.2) is 29.6 Å². The second kappa shape index (κ2) is 4.68. The van der Waals surface area contributed by atoms with Crippen LogP contribution < -0.4 is 11.1 Å². The Morgan fingerprint density at radius 1 is 1.64 bits per heavy atom. The third-order valence-electron chi connectivity index (χ3n) is 1.10. The molecule has 0 saturated heterocycles. The van der Waals surface area contributed by atoms with E-state index in [9.17, 15) is 9.59 Å². The zero-order chi connectivity index (χ0) is 8.85. The van der Waals surface area contributed by atoms with Crippen LogP contribution in [0, 0.1) is 0 Å². The van der Waals surface area contributed by atoms with Crippen LogP contribution in [0.15, 0.2) is 0 Å². The Labute approximate surface area is 64.6 Å². The highest BCUT2D eigenvalue weighted by atomic mass is 16.4. The molecule has 0 spiro atoms. The van der Waals surface area contributed by atoms with Gasteiger partial charge in [-0.2, -0.15) is 0 Å². The highest BCUT2D eigenvalue weighted by Gasteiger charge is 2.19. The lowest BCUT2D eigenvalue weighted by molar-refractivity contribution is -0.142. The second-order valence-corrected chi connectivity index (χ2v) is 2.11. The van der Waals surface area contributed by atoms with Crippen LogP contribution in [0.1, 0.15) is 13.3 Å². The molecular formula is C6H12N2O3. The van der Waals surface area contributed by atoms with Crippen LogP contribution in [-0.2, 0) is 9.59 Å². The highest BCUT2D eigenvalue weighted by molar-refractivity contribution is 6.00. The van der Waals surface area contributed by atoms with Crippen LogP contribution in [0.4, 0.5) is 0 Å². The lowest BCUT2D eigenvalue weighted by Gasteiger charge is -2.05. The van der Waals surface area contributed by atoms with Crippen molar-refractivity contribution in [1.29, 1.82) is 0 Å². The molecule has 1 amide bonds. The van der Waals surface area contributed by atoms with Gasteiger partial charge in [0.05, 0.1) is 0 Å². The van der Waals surface area contributed by atoms with Gasteiger partial charge in [0, 0.05) is 6.54 Å². The predicted molar refractivity (Wildman–Crippen MR) is 38.9 cm³/mol.